The third-order valence-electron chi connectivity index (χ3n) is 4.08. The van der Waals surface area contributed by atoms with Crippen LogP contribution in [0.15, 0.2) is 58.1 Å². The molecule has 0 aliphatic carbocycles. The molecule has 7 heteroatoms. The number of nitrogens with zero attached hydrogens (tertiary/aromatic N) is 2. The second kappa shape index (κ2) is 7.58. The van der Waals surface area contributed by atoms with Crippen LogP contribution in [0.1, 0.15) is 12.5 Å². The first kappa shape index (κ1) is 17.9. The Hall–Kier alpha value is -2.86. The molecule has 0 radical (unpaired) electrons. The first-order valence-electron chi connectivity index (χ1n) is 8.14. The van der Waals surface area contributed by atoms with Crippen LogP contribution >= 0.6 is 11.6 Å². The van der Waals surface area contributed by atoms with Crippen LogP contribution in [0.2, 0.25) is 5.02 Å². The molecule has 6 nitrogen and oxygen atoms in total. The fraction of sp³-hybridized carbons (Fsp3) is 0.211. The average molecular weight is 373 g/mol. The topological polar surface area (TPSA) is 70.3 Å². The van der Waals surface area contributed by atoms with E-state index in [9.17, 15) is 14.4 Å². The average Bonchev–Trinajstić information content (AvgIpc) is 2.65. The van der Waals surface area contributed by atoms with Crippen molar-refractivity contribution < 1.29 is 9.53 Å². The molecule has 3 aromatic rings. The van der Waals surface area contributed by atoms with Gasteiger partial charge in [-0.1, -0.05) is 41.9 Å². The van der Waals surface area contributed by atoms with E-state index in [1.54, 1.807) is 55.5 Å². The lowest BCUT2D eigenvalue weighted by atomic mass is 10.2. The minimum Gasteiger partial charge on any atom is -0.459 e. The van der Waals surface area contributed by atoms with Crippen LogP contribution in [0.4, 0.5) is 0 Å². The van der Waals surface area contributed by atoms with E-state index in [0.29, 0.717) is 21.5 Å². The molecule has 1 heterocycles. The van der Waals surface area contributed by atoms with Gasteiger partial charge >= 0.3 is 11.7 Å². The summed E-state index contributed by atoms with van der Waals surface area (Å²) in [5, 5.41) is 0.885. The normalized spacial score (nSPS) is 10.8. The Morgan fingerprint density at radius 2 is 1.73 bits per heavy atom. The van der Waals surface area contributed by atoms with Gasteiger partial charge < -0.3 is 4.74 Å². The van der Waals surface area contributed by atoms with Crippen molar-refractivity contribution in [2.24, 2.45) is 0 Å². The van der Waals surface area contributed by atoms with Crippen molar-refractivity contribution in [2.75, 3.05) is 0 Å². The molecule has 0 saturated heterocycles. The van der Waals surface area contributed by atoms with Gasteiger partial charge in [-0.2, -0.15) is 0 Å². The molecule has 3 rings (SSSR count). The second-order valence-electron chi connectivity index (χ2n) is 5.69. The Labute approximate surface area is 154 Å². The molecule has 134 valence electrons. The summed E-state index contributed by atoms with van der Waals surface area (Å²) in [6, 6.07) is 13.7. The molecular weight excluding hydrogens is 356 g/mol. The predicted molar refractivity (Wildman–Crippen MR) is 99.4 cm³/mol. The summed E-state index contributed by atoms with van der Waals surface area (Å²) in [4.78, 5) is 37.2. The van der Waals surface area contributed by atoms with Crippen molar-refractivity contribution in [3.8, 4) is 0 Å². The Morgan fingerprint density at radius 3 is 2.46 bits per heavy atom. The number of fused-ring (bicyclic) bond motifs is 1. The standard InChI is InChI=1S/C19H17ClN2O4/c1-2-21-18(24)14-8-4-6-10-16(14)22(19(21)25)11-17(23)26-12-13-7-3-5-9-15(13)20/h3-10H,2,11-12H2,1H3. The van der Waals surface area contributed by atoms with E-state index in [-0.39, 0.29) is 25.3 Å². The van der Waals surface area contributed by atoms with Gasteiger partial charge in [-0.15, -0.1) is 0 Å². The van der Waals surface area contributed by atoms with Crippen LogP contribution in [0.25, 0.3) is 10.9 Å². The first-order chi connectivity index (χ1) is 12.5. The SMILES string of the molecule is CCn1c(=O)c2ccccc2n(CC(=O)OCc2ccccc2Cl)c1=O. The number of halogens is 1. The number of carbonyl (C=O) groups excluding carboxylic acids is 1. The highest BCUT2D eigenvalue weighted by Gasteiger charge is 2.15. The predicted octanol–water partition coefficient (Wildman–Crippen LogP) is 2.58. The van der Waals surface area contributed by atoms with E-state index in [4.69, 9.17) is 16.3 Å². The van der Waals surface area contributed by atoms with Gasteiger partial charge in [-0.3, -0.25) is 18.7 Å². The fourth-order valence-electron chi connectivity index (χ4n) is 2.75. The first-order valence-corrected chi connectivity index (χ1v) is 8.52. The summed E-state index contributed by atoms with van der Waals surface area (Å²) in [5.74, 6) is -0.585. The van der Waals surface area contributed by atoms with Crippen molar-refractivity contribution in [2.45, 2.75) is 26.6 Å². The van der Waals surface area contributed by atoms with Crippen LogP contribution < -0.4 is 11.2 Å². The molecule has 0 N–H and O–H groups in total. The molecule has 0 spiro atoms. The molecule has 0 aliphatic rings. The molecular formula is C19H17ClN2O4. The number of esters is 1. The maximum Gasteiger partial charge on any atom is 0.332 e. The quantitative estimate of drug-likeness (QED) is 0.645. The van der Waals surface area contributed by atoms with Crippen LogP contribution in [0.3, 0.4) is 0 Å². The van der Waals surface area contributed by atoms with Gasteiger partial charge in [0.2, 0.25) is 0 Å². The number of hydrogen-bond donors (Lipinski definition) is 0. The summed E-state index contributed by atoms with van der Waals surface area (Å²) in [5.41, 5.74) is 0.180. The zero-order valence-electron chi connectivity index (χ0n) is 14.1. The van der Waals surface area contributed by atoms with Crippen molar-refractivity contribution in [1.29, 1.82) is 0 Å². The third kappa shape index (κ3) is 3.41. The summed E-state index contributed by atoms with van der Waals surface area (Å²) in [7, 11) is 0. The molecule has 0 atom stereocenters. The number of para-hydroxylation sites is 1. The Morgan fingerprint density at radius 1 is 1.04 bits per heavy atom. The zero-order valence-corrected chi connectivity index (χ0v) is 14.9. The minimum absolute atomic E-state index is 0.0125. The Kier molecular flexibility index (Phi) is 5.23. The maximum atomic E-state index is 12.6. The molecule has 0 aliphatic heterocycles. The van der Waals surface area contributed by atoms with Gasteiger partial charge in [0.25, 0.3) is 5.56 Å². The number of benzene rings is 2. The molecule has 0 unspecified atom stereocenters. The Bertz CT molecular complexity index is 1080. The molecule has 1 aromatic heterocycles. The number of carbonyl (C=O) groups is 1. The molecule has 0 fully saturated rings. The highest BCUT2D eigenvalue weighted by atomic mass is 35.5. The van der Waals surface area contributed by atoms with E-state index in [0.717, 1.165) is 4.57 Å². The number of aromatic nitrogens is 2. The smallest absolute Gasteiger partial charge is 0.332 e. The van der Waals surface area contributed by atoms with E-state index >= 15 is 0 Å². The summed E-state index contributed by atoms with van der Waals surface area (Å²) < 4.78 is 7.61. The number of hydrogen-bond acceptors (Lipinski definition) is 4. The molecule has 0 saturated carbocycles. The number of rotatable bonds is 5. The highest BCUT2D eigenvalue weighted by molar-refractivity contribution is 6.31. The molecule has 26 heavy (non-hydrogen) atoms. The van der Waals surface area contributed by atoms with E-state index in [2.05, 4.69) is 0 Å². The van der Waals surface area contributed by atoms with Gasteiger partial charge in [0, 0.05) is 17.1 Å². The summed E-state index contributed by atoms with van der Waals surface area (Å²) in [6.07, 6.45) is 0. The van der Waals surface area contributed by atoms with Gasteiger partial charge in [-0.05, 0) is 25.1 Å². The fourth-order valence-corrected chi connectivity index (χ4v) is 2.94. The summed E-state index contributed by atoms with van der Waals surface area (Å²) in [6.45, 7) is 1.65. The third-order valence-corrected chi connectivity index (χ3v) is 4.45. The van der Waals surface area contributed by atoms with E-state index < -0.39 is 11.7 Å². The lowest BCUT2D eigenvalue weighted by Crippen LogP contribution is -2.40. The summed E-state index contributed by atoms with van der Waals surface area (Å²) >= 11 is 6.04. The van der Waals surface area contributed by atoms with E-state index in [1.807, 2.05) is 0 Å². The van der Waals surface area contributed by atoms with Crippen molar-refractivity contribution >= 4 is 28.5 Å². The minimum atomic E-state index is -0.585. The second-order valence-corrected chi connectivity index (χ2v) is 6.09. The van der Waals surface area contributed by atoms with Gasteiger partial charge in [0.1, 0.15) is 13.2 Å². The van der Waals surface area contributed by atoms with E-state index in [1.165, 1.54) is 4.57 Å². The van der Waals surface area contributed by atoms with Gasteiger partial charge in [-0.25, -0.2) is 4.79 Å². The lowest BCUT2D eigenvalue weighted by Gasteiger charge is -2.13. The molecule has 0 bridgehead atoms. The monoisotopic (exact) mass is 372 g/mol. The van der Waals surface area contributed by atoms with Crippen LogP contribution in [-0.4, -0.2) is 15.1 Å². The van der Waals surface area contributed by atoms with Crippen molar-refractivity contribution in [3.05, 3.63) is 80.0 Å². The highest BCUT2D eigenvalue weighted by Crippen LogP contribution is 2.16. The lowest BCUT2D eigenvalue weighted by molar-refractivity contribution is -0.145. The molecule has 2 aromatic carbocycles. The van der Waals surface area contributed by atoms with Crippen LogP contribution in [-0.2, 0) is 29.2 Å². The van der Waals surface area contributed by atoms with Gasteiger partial charge in [0.15, 0.2) is 0 Å². The van der Waals surface area contributed by atoms with Crippen molar-refractivity contribution in [1.82, 2.24) is 9.13 Å². The zero-order chi connectivity index (χ0) is 18.7. The Balaban J connectivity index is 1.91. The van der Waals surface area contributed by atoms with Crippen molar-refractivity contribution in [3.63, 3.8) is 0 Å². The molecule has 0 amide bonds. The van der Waals surface area contributed by atoms with Crippen LogP contribution in [0.5, 0.6) is 0 Å². The number of ether oxygens (including phenoxy) is 1. The largest absolute Gasteiger partial charge is 0.459 e. The maximum absolute atomic E-state index is 12.6. The van der Waals surface area contributed by atoms with Crippen LogP contribution in [0, 0.1) is 0 Å². The van der Waals surface area contributed by atoms with Gasteiger partial charge in [0.05, 0.1) is 10.9 Å².